The molecular weight excluding hydrogens is 214 g/mol. The van der Waals surface area contributed by atoms with Crippen LogP contribution in [0.5, 0.6) is 0 Å². The summed E-state index contributed by atoms with van der Waals surface area (Å²) in [6.07, 6.45) is 2.63. The topological polar surface area (TPSA) is 55.4 Å². The average molecular weight is 235 g/mol. The molecule has 1 aliphatic rings. The van der Waals surface area contributed by atoms with Crippen LogP contribution < -0.4 is 5.32 Å². The van der Waals surface area contributed by atoms with Crippen molar-refractivity contribution in [3.05, 3.63) is 0 Å². The molecule has 0 saturated carbocycles. The number of sulfone groups is 1. The predicted molar refractivity (Wildman–Crippen MR) is 60.7 cm³/mol. The summed E-state index contributed by atoms with van der Waals surface area (Å²) in [6, 6.07) is 0.0211. The lowest BCUT2D eigenvalue weighted by atomic mass is 10.0. The number of nitrogens with one attached hydrogen (secondary N) is 1. The first-order valence-corrected chi connectivity index (χ1v) is 7.47. The summed E-state index contributed by atoms with van der Waals surface area (Å²) >= 11 is 0. The molecule has 3 atom stereocenters. The highest BCUT2D eigenvalue weighted by atomic mass is 32.2. The Labute approximate surface area is 92.3 Å². The summed E-state index contributed by atoms with van der Waals surface area (Å²) in [5.41, 5.74) is 0. The summed E-state index contributed by atoms with van der Waals surface area (Å²) in [6.45, 7) is 5.65. The molecule has 0 amide bonds. The van der Waals surface area contributed by atoms with E-state index in [9.17, 15) is 8.42 Å². The van der Waals surface area contributed by atoms with E-state index in [1.54, 1.807) is 0 Å². The molecular formula is C10H21NO3S. The van der Waals surface area contributed by atoms with Gasteiger partial charge in [0.15, 0.2) is 0 Å². The van der Waals surface area contributed by atoms with Gasteiger partial charge in [-0.3, -0.25) is 0 Å². The molecule has 90 valence electrons. The molecule has 1 fully saturated rings. The fraction of sp³-hybridized carbons (Fsp3) is 1.00. The van der Waals surface area contributed by atoms with E-state index in [2.05, 4.69) is 12.2 Å². The van der Waals surface area contributed by atoms with Gasteiger partial charge in [-0.05, 0) is 26.2 Å². The van der Waals surface area contributed by atoms with Gasteiger partial charge in [-0.2, -0.15) is 0 Å². The van der Waals surface area contributed by atoms with Crippen LogP contribution in [0.4, 0.5) is 0 Å². The van der Waals surface area contributed by atoms with Crippen LogP contribution in [0.25, 0.3) is 0 Å². The van der Waals surface area contributed by atoms with Crippen LogP contribution in [-0.2, 0) is 14.6 Å². The van der Waals surface area contributed by atoms with Crippen molar-refractivity contribution in [2.75, 3.05) is 25.2 Å². The summed E-state index contributed by atoms with van der Waals surface area (Å²) in [5, 5.41) is 3.25. The zero-order chi connectivity index (χ0) is 11.5. The molecule has 1 heterocycles. The monoisotopic (exact) mass is 235 g/mol. The fourth-order valence-corrected chi connectivity index (χ4v) is 2.94. The van der Waals surface area contributed by atoms with E-state index in [0.29, 0.717) is 12.0 Å². The van der Waals surface area contributed by atoms with Crippen molar-refractivity contribution >= 4 is 9.84 Å². The molecule has 0 aromatic rings. The van der Waals surface area contributed by atoms with E-state index in [1.165, 1.54) is 6.26 Å². The maximum absolute atomic E-state index is 11.0. The van der Waals surface area contributed by atoms with Crippen molar-refractivity contribution < 1.29 is 13.2 Å². The molecule has 15 heavy (non-hydrogen) atoms. The van der Waals surface area contributed by atoms with Crippen LogP contribution >= 0.6 is 0 Å². The molecule has 1 N–H and O–H groups in total. The second kappa shape index (κ2) is 5.27. The van der Waals surface area contributed by atoms with Crippen LogP contribution in [0.1, 0.15) is 20.3 Å². The highest BCUT2D eigenvalue weighted by Crippen LogP contribution is 2.19. The van der Waals surface area contributed by atoms with Gasteiger partial charge in [-0.25, -0.2) is 8.42 Å². The summed E-state index contributed by atoms with van der Waals surface area (Å²) in [7, 11) is -2.88. The zero-order valence-electron chi connectivity index (χ0n) is 9.69. The lowest BCUT2D eigenvalue weighted by Crippen LogP contribution is -2.37. The van der Waals surface area contributed by atoms with Gasteiger partial charge >= 0.3 is 0 Å². The number of hydrogen-bond acceptors (Lipinski definition) is 4. The molecule has 1 aliphatic heterocycles. The first-order chi connectivity index (χ1) is 6.88. The van der Waals surface area contributed by atoms with Gasteiger partial charge in [-0.15, -0.1) is 0 Å². The normalized spacial score (nSPS) is 29.3. The van der Waals surface area contributed by atoms with Gasteiger partial charge in [0.2, 0.25) is 0 Å². The number of hydrogen-bond donors (Lipinski definition) is 1. The van der Waals surface area contributed by atoms with E-state index in [4.69, 9.17) is 4.74 Å². The lowest BCUT2D eigenvalue weighted by Gasteiger charge is -2.18. The minimum absolute atomic E-state index is 0.0211. The molecule has 0 aromatic carbocycles. The SMILES string of the molecule is CC(CS(C)(=O)=O)NCC1CCOC1C. The van der Waals surface area contributed by atoms with Crippen LogP contribution in [0, 0.1) is 5.92 Å². The molecule has 0 radical (unpaired) electrons. The van der Waals surface area contributed by atoms with E-state index < -0.39 is 9.84 Å². The fourth-order valence-electron chi connectivity index (χ4n) is 1.91. The third-order valence-electron chi connectivity index (χ3n) is 2.81. The molecule has 0 aliphatic carbocycles. The number of rotatable bonds is 5. The maximum Gasteiger partial charge on any atom is 0.148 e. The van der Waals surface area contributed by atoms with Crippen molar-refractivity contribution in [2.24, 2.45) is 5.92 Å². The van der Waals surface area contributed by atoms with Gasteiger partial charge in [0.05, 0.1) is 11.9 Å². The van der Waals surface area contributed by atoms with Crippen LogP contribution in [-0.4, -0.2) is 45.7 Å². The van der Waals surface area contributed by atoms with Crippen molar-refractivity contribution in [3.63, 3.8) is 0 Å². The van der Waals surface area contributed by atoms with Gasteiger partial charge in [0.25, 0.3) is 0 Å². The molecule has 1 saturated heterocycles. The van der Waals surface area contributed by atoms with E-state index in [0.717, 1.165) is 19.6 Å². The molecule has 1 rings (SSSR count). The van der Waals surface area contributed by atoms with Gasteiger partial charge < -0.3 is 10.1 Å². The number of ether oxygens (including phenoxy) is 1. The minimum atomic E-state index is -2.88. The van der Waals surface area contributed by atoms with Crippen LogP contribution in [0.2, 0.25) is 0 Å². The Balaban J connectivity index is 2.25. The average Bonchev–Trinajstić information content (AvgIpc) is 2.44. The Morgan fingerprint density at radius 2 is 2.20 bits per heavy atom. The second-order valence-corrected chi connectivity index (χ2v) is 6.71. The molecule has 0 spiro atoms. The highest BCUT2D eigenvalue weighted by molar-refractivity contribution is 7.90. The molecule has 0 bridgehead atoms. The van der Waals surface area contributed by atoms with E-state index >= 15 is 0 Å². The second-order valence-electron chi connectivity index (χ2n) is 4.53. The quantitative estimate of drug-likeness (QED) is 0.751. The van der Waals surface area contributed by atoms with Crippen LogP contribution in [0.3, 0.4) is 0 Å². The molecule has 5 heteroatoms. The Hall–Kier alpha value is -0.130. The molecule has 0 aromatic heterocycles. The molecule has 4 nitrogen and oxygen atoms in total. The van der Waals surface area contributed by atoms with Crippen molar-refractivity contribution in [1.29, 1.82) is 0 Å². The minimum Gasteiger partial charge on any atom is -0.378 e. The summed E-state index contributed by atoms with van der Waals surface area (Å²) in [4.78, 5) is 0. The summed E-state index contributed by atoms with van der Waals surface area (Å²) in [5.74, 6) is 0.724. The first-order valence-electron chi connectivity index (χ1n) is 5.41. The first kappa shape index (κ1) is 12.9. The van der Waals surface area contributed by atoms with E-state index in [1.807, 2.05) is 6.92 Å². The molecule has 3 unspecified atom stereocenters. The zero-order valence-corrected chi connectivity index (χ0v) is 10.5. The van der Waals surface area contributed by atoms with Crippen molar-refractivity contribution in [1.82, 2.24) is 5.32 Å². The lowest BCUT2D eigenvalue weighted by molar-refractivity contribution is 0.105. The Morgan fingerprint density at radius 1 is 1.53 bits per heavy atom. The Morgan fingerprint density at radius 3 is 2.67 bits per heavy atom. The van der Waals surface area contributed by atoms with Crippen molar-refractivity contribution in [2.45, 2.75) is 32.4 Å². The maximum atomic E-state index is 11.0. The Bertz CT molecular complexity index is 289. The van der Waals surface area contributed by atoms with E-state index in [-0.39, 0.29) is 11.8 Å². The standard InChI is InChI=1S/C10H21NO3S/c1-8(7-15(3,12)13)11-6-10-4-5-14-9(10)2/h8-11H,4-7H2,1-3H3. The highest BCUT2D eigenvalue weighted by Gasteiger charge is 2.24. The predicted octanol–water partition coefficient (Wildman–Crippen LogP) is 0.434. The van der Waals surface area contributed by atoms with Crippen molar-refractivity contribution in [3.8, 4) is 0 Å². The Kier molecular flexibility index (Phi) is 4.55. The largest absolute Gasteiger partial charge is 0.378 e. The smallest absolute Gasteiger partial charge is 0.148 e. The summed E-state index contributed by atoms with van der Waals surface area (Å²) < 4.78 is 27.5. The van der Waals surface area contributed by atoms with Crippen LogP contribution in [0.15, 0.2) is 0 Å². The van der Waals surface area contributed by atoms with Gasteiger partial charge in [-0.1, -0.05) is 0 Å². The third-order valence-corrected chi connectivity index (χ3v) is 3.92. The third kappa shape index (κ3) is 4.95. The van der Waals surface area contributed by atoms with Gasteiger partial charge in [0, 0.05) is 25.4 Å². The van der Waals surface area contributed by atoms with Gasteiger partial charge in [0.1, 0.15) is 9.84 Å².